The van der Waals surface area contributed by atoms with Crippen LogP contribution in [0.3, 0.4) is 0 Å². The van der Waals surface area contributed by atoms with Crippen LogP contribution in [0.1, 0.15) is 30.6 Å². The molecule has 23 heavy (non-hydrogen) atoms. The number of rotatable bonds is 5. The molecular weight excluding hydrogens is 300 g/mol. The van der Waals surface area contributed by atoms with Crippen LogP contribution in [0, 0.1) is 22.0 Å². The first-order valence-electron chi connectivity index (χ1n) is 7.55. The molecule has 1 aromatic rings. The van der Waals surface area contributed by atoms with Gasteiger partial charge in [-0.15, -0.1) is 0 Å². The molecule has 0 radical (unpaired) electrons. The summed E-state index contributed by atoms with van der Waals surface area (Å²) in [7, 11) is 0. The second-order valence-corrected chi connectivity index (χ2v) is 6.14. The lowest BCUT2D eigenvalue weighted by molar-refractivity contribution is -0.385. The number of aldehydes is 1. The van der Waals surface area contributed by atoms with E-state index in [-0.39, 0.29) is 29.5 Å². The molecule has 124 valence electrons. The molecule has 1 heterocycles. The summed E-state index contributed by atoms with van der Waals surface area (Å²) in [6.45, 7) is 5.30. The molecule has 0 unspecified atom stereocenters. The van der Waals surface area contributed by atoms with Crippen LogP contribution >= 0.6 is 0 Å². The van der Waals surface area contributed by atoms with Crippen LogP contribution in [0.5, 0.6) is 5.75 Å². The summed E-state index contributed by atoms with van der Waals surface area (Å²) in [6.07, 6.45) is 1.61. The highest BCUT2D eigenvalue weighted by Gasteiger charge is 2.26. The van der Waals surface area contributed by atoms with E-state index in [0.717, 1.165) is 12.5 Å². The average Bonchev–Trinajstić information content (AvgIpc) is 2.51. The lowest BCUT2D eigenvalue weighted by atomic mass is 9.92. The van der Waals surface area contributed by atoms with E-state index in [4.69, 9.17) is 4.74 Å². The number of carbonyl (C=O) groups excluding carboxylic acids is 2. The zero-order valence-electron chi connectivity index (χ0n) is 13.2. The first-order valence-corrected chi connectivity index (χ1v) is 7.55. The molecule has 0 aromatic heterocycles. The van der Waals surface area contributed by atoms with Crippen molar-refractivity contribution in [1.29, 1.82) is 0 Å². The molecule has 1 aliphatic heterocycles. The Morgan fingerprint density at radius 2 is 2.04 bits per heavy atom. The number of hydrogen-bond acceptors (Lipinski definition) is 5. The molecule has 2 atom stereocenters. The van der Waals surface area contributed by atoms with Crippen molar-refractivity contribution < 1.29 is 19.2 Å². The number of piperidine rings is 1. The molecule has 1 saturated heterocycles. The Bertz CT molecular complexity index is 606. The smallest absolute Gasteiger partial charge is 0.311 e. The zero-order valence-corrected chi connectivity index (χ0v) is 13.2. The Morgan fingerprint density at radius 3 is 2.61 bits per heavy atom. The number of ether oxygens (including phenoxy) is 1. The van der Waals surface area contributed by atoms with Gasteiger partial charge in [-0.2, -0.15) is 0 Å². The van der Waals surface area contributed by atoms with Crippen molar-refractivity contribution in [2.45, 2.75) is 20.3 Å². The minimum absolute atomic E-state index is 0.00736. The molecule has 2 rings (SSSR count). The molecule has 1 fully saturated rings. The Balaban J connectivity index is 2.04. The van der Waals surface area contributed by atoms with Crippen LogP contribution < -0.4 is 4.74 Å². The molecule has 7 heteroatoms. The summed E-state index contributed by atoms with van der Waals surface area (Å²) in [4.78, 5) is 35.1. The fourth-order valence-corrected chi connectivity index (χ4v) is 2.97. The lowest BCUT2D eigenvalue weighted by Crippen LogP contribution is -2.44. The third kappa shape index (κ3) is 4.28. The van der Waals surface area contributed by atoms with Gasteiger partial charge in [0.05, 0.1) is 4.92 Å². The van der Waals surface area contributed by atoms with Crippen molar-refractivity contribution in [3.8, 4) is 5.75 Å². The largest absolute Gasteiger partial charge is 0.477 e. The highest BCUT2D eigenvalue weighted by atomic mass is 16.6. The lowest BCUT2D eigenvalue weighted by Gasteiger charge is -2.34. The minimum Gasteiger partial charge on any atom is -0.477 e. The molecule has 7 nitrogen and oxygen atoms in total. The Labute approximate surface area is 134 Å². The third-order valence-corrected chi connectivity index (χ3v) is 3.89. The summed E-state index contributed by atoms with van der Waals surface area (Å²) in [5, 5.41) is 11.0. The van der Waals surface area contributed by atoms with Gasteiger partial charge < -0.3 is 9.64 Å². The van der Waals surface area contributed by atoms with E-state index in [1.807, 2.05) is 0 Å². The minimum atomic E-state index is -0.627. The van der Waals surface area contributed by atoms with Crippen molar-refractivity contribution in [3.63, 3.8) is 0 Å². The standard InChI is InChI=1S/C16H20N2O5/c1-11-5-12(2)8-17(7-11)16(20)10-23-15-4-3-13(9-19)6-14(15)18(21)22/h3-4,6,9,11-12H,5,7-8,10H2,1-2H3/t11-,12+. The number of hydrogen-bond donors (Lipinski definition) is 0. The van der Waals surface area contributed by atoms with Crippen LogP contribution in [-0.4, -0.2) is 41.7 Å². The average molecular weight is 320 g/mol. The third-order valence-electron chi connectivity index (χ3n) is 3.89. The highest BCUT2D eigenvalue weighted by Crippen LogP contribution is 2.28. The monoisotopic (exact) mass is 320 g/mol. The van der Waals surface area contributed by atoms with Crippen molar-refractivity contribution >= 4 is 17.9 Å². The van der Waals surface area contributed by atoms with Crippen LogP contribution in [0.4, 0.5) is 5.69 Å². The van der Waals surface area contributed by atoms with Gasteiger partial charge in [-0.3, -0.25) is 19.7 Å². The van der Waals surface area contributed by atoms with Crippen molar-refractivity contribution in [2.75, 3.05) is 19.7 Å². The molecule has 1 aromatic carbocycles. The van der Waals surface area contributed by atoms with Gasteiger partial charge in [0.15, 0.2) is 12.4 Å². The fourth-order valence-electron chi connectivity index (χ4n) is 2.97. The van der Waals surface area contributed by atoms with Crippen LogP contribution in [0.2, 0.25) is 0 Å². The summed E-state index contributed by atoms with van der Waals surface area (Å²) >= 11 is 0. The van der Waals surface area contributed by atoms with Crippen LogP contribution in [0.15, 0.2) is 18.2 Å². The summed E-state index contributed by atoms with van der Waals surface area (Å²) < 4.78 is 5.33. The summed E-state index contributed by atoms with van der Waals surface area (Å²) in [5.74, 6) is 0.678. The SMILES string of the molecule is C[C@@H]1C[C@H](C)CN(C(=O)COc2ccc(C=O)cc2[N+](=O)[O-])C1. The van der Waals surface area contributed by atoms with E-state index in [9.17, 15) is 19.7 Å². The quantitative estimate of drug-likeness (QED) is 0.472. The summed E-state index contributed by atoms with van der Waals surface area (Å²) in [6, 6.07) is 3.90. The number of benzene rings is 1. The van der Waals surface area contributed by atoms with E-state index in [1.165, 1.54) is 12.1 Å². The molecule has 1 aliphatic rings. The predicted octanol–water partition coefficient (Wildman–Crippen LogP) is 2.29. The maximum Gasteiger partial charge on any atom is 0.311 e. The maximum atomic E-state index is 12.2. The van der Waals surface area contributed by atoms with Crippen molar-refractivity contribution in [2.24, 2.45) is 11.8 Å². The van der Waals surface area contributed by atoms with E-state index in [1.54, 1.807) is 4.90 Å². The van der Waals surface area contributed by atoms with E-state index in [0.29, 0.717) is 31.2 Å². The van der Waals surface area contributed by atoms with Crippen LogP contribution in [0.25, 0.3) is 0 Å². The van der Waals surface area contributed by atoms with Gasteiger partial charge in [0.2, 0.25) is 0 Å². The Kier molecular flexibility index (Phi) is 5.31. The van der Waals surface area contributed by atoms with Gasteiger partial charge in [-0.25, -0.2) is 0 Å². The number of nitrogens with zero attached hydrogens (tertiary/aromatic N) is 2. The molecule has 0 aliphatic carbocycles. The Hall–Kier alpha value is -2.44. The second kappa shape index (κ2) is 7.21. The van der Waals surface area contributed by atoms with Gasteiger partial charge in [0.1, 0.15) is 6.29 Å². The molecule has 1 amide bonds. The zero-order chi connectivity index (χ0) is 17.0. The van der Waals surface area contributed by atoms with Crippen molar-refractivity contribution in [1.82, 2.24) is 4.90 Å². The predicted molar refractivity (Wildman–Crippen MR) is 83.5 cm³/mol. The van der Waals surface area contributed by atoms with Gasteiger partial charge in [-0.05, 0) is 30.4 Å². The molecule has 0 N–H and O–H groups in total. The second-order valence-electron chi connectivity index (χ2n) is 6.14. The Morgan fingerprint density at radius 1 is 1.39 bits per heavy atom. The van der Waals surface area contributed by atoms with E-state index in [2.05, 4.69) is 13.8 Å². The normalized spacial score (nSPS) is 20.9. The van der Waals surface area contributed by atoms with Gasteiger partial charge in [0, 0.05) is 24.7 Å². The topological polar surface area (TPSA) is 89.8 Å². The number of nitro groups is 1. The molecular formula is C16H20N2O5. The number of amides is 1. The molecule has 0 bridgehead atoms. The van der Waals surface area contributed by atoms with E-state index >= 15 is 0 Å². The molecule has 0 saturated carbocycles. The van der Waals surface area contributed by atoms with Gasteiger partial charge in [-0.1, -0.05) is 13.8 Å². The fraction of sp³-hybridized carbons (Fsp3) is 0.500. The van der Waals surface area contributed by atoms with Gasteiger partial charge >= 0.3 is 5.69 Å². The van der Waals surface area contributed by atoms with E-state index < -0.39 is 4.92 Å². The number of carbonyl (C=O) groups is 2. The first-order chi connectivity index (χ1) is 10.9. The highest BCUT2D eigenvalue weighted by molar-refractivity contribution is 5.79. The van der Waals surface area contributed by atoms with Crippen LogP contribution in [-0.2, 0) is 4.79 Å². The van der Waals surface area contributed by atoms with Crippen molar-refractivity contribution in [3.05, 3.63) is 33.9 Å². The molecule has 0 spiro atoms. The number of likely N-dealkylation sites (tertiary alicyclic amines) is 1. The number of nitro benzene ring substituents is 1. The summed E-state index contributed by atoms with van der Waals surface area (Å²) in [5.41, 5.74) is -0.128. The maximum absolute atomic E-state index is 12.2. The first kappa shape index (κ1) is 16.9. The van der Waals surface area contributed by atoms with Gasteiger partial charge in [0.25, 0.3) is 5.91 Å².